The van der Waals surface area contributed by atoms with Gasteiger partial charge in [0.2, 0.25) is 28.2 Å². The van der Waals surface area contributed by atoms with Crippen LogP contribution in [-0.4, -0.2) is 261 Å². The van der Waals surface area contributed by atoms with Gasteiger partial charge in [-0.3, -0.25) is 5.10 Å². The van der Waals surface area contributed by atoms with Crippen molar-refractivity contribution in [1.29, 1.82) is 0 Å². The fraction of sp³-hybridized carbons (Fsp3) is 0.505. The topological polar surface area (TPSA) is 465 Å². The Bertz CT molecular complexity index is 6540. The summed E-state index contributed by atoms with van der Waals surface area (Å²) in [6, 6.07) is 12.4. The lowest BCUT2D eigenvalue weighted by molar-refractivity contribution is -0.0372. The van der Waals surface area contributed by atoms with E-state index in [1.807, 2.05) is 89.8 Å². The van der Waals surface area contributed by atoms with Crippen molar-refractivity contribution in [3.63, 3.8) is 0 Å². The Kier molecular flexibility index (Phi) is 34.2. The van der Waals surface area contributed by atoms with Crippen molar-refractivity contribution < 1.29 is 58.3 Å². The molecule has 0 saturated carbocycles. The summed E-state index contributed by atoms with van der Waals surface area (Å²) in [5, 5.41) is 73.2. The zero-order valence-electron chi connectivity index (χ0n) is 81.2. The maximum atomic E-state index is 10.1. The van der Waals surface area contributed by atoms with E-state index in [1.165, 1.54) is 6.42 Å². The summed E-state index contributed by atoms with van der Waals surface area (Å²) in [5.74, 6) is 8.27. The van der Waals surface area contributed by atoms with Gasteiger partial charge in [-0.05, 0) is 229 Å². The number of aliphatic hydroxyl groups is 4. The van der Waals surface area contributed by atoms with Crippen molar-refractivity contribution in [3.05, 3.63) is 135 Å². The molecular formula is C95H125Cl4N29O12. The number of halogens is 4. The van der Waals surface area contributed by atoms with Gasteiger partial charge >= 0.3 is 0 Å². The molecule has 750 valence electrons. The van der Waals surface area contributed by atoms with Gasteiger partial charge in [-0.1, -0.05) is 11.6 Å². The monoisotopic (exact) mass is 2000 g/mol. The largest absolute Gasteiger partial charge is 0.496 e. The lowest BCUT2D eigenvalue weighted by Gasteiger charge is -2.26. The first-order chi connectivity index (χ1) is 67.4. The van der Waals surface area contributed by atoms with Crippen LogP contribution in [0.25, 0.3) is 61.2 Å². The summed E-state index contributed by atoms with van der Waals surface area (Å²) in [5.41, 5.74) is 19.0. The summed E-state index contributed by atoms with van der Waals surface area (Å²) in [7, 11) is 8.07. The van der Waals surface area contributed by atoms with Crippen LogP contribution in [0.1, 0.15) is 173 Å². The van der Waals surface area contributed by atoms with Crippen molar-refractivity contribution in [1.82, 2.24) is 113 Å². The van der Waals surface area contributed by atoms with E-state index in [2.05, 4.69) is 124 Å². The first kappa shape index (κ1) is 103. The molecule has 0 bridgehead atoms. The van der Waals surface area contributed by atoms with Crippen LogP contribution in [0.3, 0.4) is 0 Å². The number of anilines is 8. The molecule has 41 nitrogen and oxygen atoms in total. The highest BCUT2D eigenvalue weighted by molar-refractivity contribution is 6.35. The number of nitrogens with two attached hydrogens (primary N) is 1. The van der Waals surface area contributed by atoms with Crippen LogP contribution < -0.4 is 60.1 Å². The van der Waals surface area contributed by atoms with Gasteiger partial charge < -0.3 is 108 Å². The Morgan fingerprint density at radius 1 is 0.436 bits per heavy atom. The Hall–Kier alpha value is -11.9. The van der Waals surface area contributed by atoms with Gasteiger partial charge in [0.05, 0.1) is 154 Å². The highest BCUT2D eigenvalue weighted by atomic mass is 35.5. The van der Waals surface area contributed by atoms with Crippen LogP contribution in [0.4, 0.5) is 46.8 Å². The number of benzene rings is 3. The van der Waals surface area contributed by atoms with Crippen LogP contribution in [0.5, 0.6) is 28.7 Å². The number of nitrogen functional groups attached to an aromatic ring is 1. The second kappa shape index (κ2) is 46.7. The molecular weight excluding hydrogens is 1880 g/mol. The molecule has 140 heavy (non-hydrogen) atoms. The Morgan fingerprint density at radius 2 is 0.850 bits per heavy atom. The number of aromatic amines is 1. The van der Waals surface area contributed by atoms with Gasteiger partial charge in [-0.2, -0.15) is 55.3 Å². The molecule has 0 aliphatic carbocycles. The number of methoxy groups -OCH3 is 5. The Labute approximate surface area is 831 Å². The van der Waals surface area contributed by atoms with Crippen molar-refractivity contribution in [3.8, 4) is 45.8 Å². The molecule has 11 aromatic heterocycles. The lowest BCUT2D eigenvalue weighted by atomic mass is 10.1. The van der Waals surface area contributed by atoms with Crippen LogP contribution in [0.2, 0.25) is 15.7 Å². The van der Waals surface area contributed by atoms with Crippen molar-refractivity contribution >= 4 is 138 Å². The predicted molar refractivity (Wildman–Crippen MR) is 539 cm³/mol. The number of aliphatic hydroxyl groups excluding tert-OH is 4. The SMILES string of the molecule is COc1cc(-n2cnc(N)c2)cc(OC)c1OC.COc1cc(-n2cnc(Nc3nc(N4CCC[C@H]4CO)c4c(C)[nH]nc4n3)c2)cc(C)c1C.COc1cc(-n2cnc(Nc3nc(N4CCC[C@H]4CO)c4c(C)nn(C5CCCCO5)c4n3)c2)cc(C)c1C.Cc1nn(C2CCCCO2)c2nc(Cl)nc(Cl)c12.Cc1nn(C2CCCCO2)c2nc(Cl)nc(N3CCC[C@H]3CO)c12.Cl.OC[C@@H]1CCCN1. The van der Waals surface area contributed by atoms with E-state index in [0.29, 0.717) is 82.3 Å². The summed E-state index contributed by atoms with van der Waals surface area (Å²) < 4.78 is 55.7. The predicted octanol–water partition coefficient (Wildman–Crippen LogP) is 14.7. The second-order valence-electron chi connectivity index (χ2n) is 35.4. The number of rotatable bonds is 22. The molecule has 0 radical (unpaired) electrons. The molecule has 7 saturated heterocycles. The van der Waals surface area contributed by atoms with Gasteiger partial charge in [-0.25, -0.2) is 34.0 Å². The minimum atomic E-state index is -0.156. The number of nitrogens with zero attached hydrogens (tertiary/aromatic N) is 24. The zero-order chi connectivity index (χ0) is 97.8. The van der Waals surface area contributed by atoms with Crippen molar-refractivity contribution in [2.75, 3.05) is 139 Å². The lowest BCUT2D eigenvalue weighted by Crippen LogP contribution is -2.33. The van der Waals surface area contributed by atoms with Gasteiger partial charge in [0.1, 0.15) is 58.9 Å². The fourth-order valence-electron chi connectivity index (χ4n) is 18.8. The number of aryl methyl sites for hydroxylation is 6. The van der Waals surface area contributed by atoms with Gasteiger partial charge in [0.25, 0.3) is 0 Å². The number of H-pyrrole nitrogens is 1. The molecule has 3 unspecified atom stereocenters. The fourth-order valence-corrected chi connectivity index (χ4v) is 19.4. The molecule has 7 fully saturated rings. The average Bonchev–Trinajstić information content (AvgIpc) is 1.59. The molecule has 45 heteroatoms. The number of hydrogen-bond acceptors (Lipinski definition) is 34. The van der Waals surface area contributed by atoms with E-state index in [0.717, 1.165) is 266 Å². The standard InChI is InChI=1S/C28H36N8O3.C23H28N8O2.C16H22ClN5O2.C12H15N3O3.C11H12Cl2N4O.C5H11NO.ClH/c1-17-12-21(13-22(38-4)18(17)2)34-14-23(29-16-34)30-28-31-26(35-10-7-8-20(35)15-37)25-19(3)33-36(27(25)32-28)24-9-5-6-11-39-24;1-13-8-17(9-18(33-4)14(13)2)30-10-19(24-12-30)25-23-26-21-20(15(3)28-29-21)22(27-23)31-7-5-6-16(31)11-32;1-10-13-14(21-7-4-5-11(21)9-23)18-16(17)19-15(13)22(20-10)12-6-2-3-8-24-12;1-16-9-4-8(15-6-11(13)14-7-15)5-10(17-2)12(9)18-3;1-6-8-9(12)14-11(13)15-10(8)17(16-6)7-4-2-3-5-18-7;7-4-5-2-1-3-6-5;/h12-14,16,20,24,37H,5-11,15H2,1-4H3,(H,30,31,32);8-10,12,16,32H,5-7,11H2,1-4H3,(H2,25,26,27,28,29);11-12,23H,2-9H2,1H3;4-7H,13H2,1-3H3;7H,2-5H2,1H3;5-7H,1-4H2;1H/t20-,24?;16-;11-,12?;;;5-;/m000..0./s1. The first-order valence-corrected chi connectivity index (χ1v) is 48.4. The quantitative estimate of drug-likeness (QED) is 0.0225. The molecule has 7 atom stereocenters. The summed E-state index contributed by atoms with van der Waals surface area (Å²) >= 11 is 18.2. The molecule has 7 aliphatic heterocycles. The molecule has 0 spiro atoms. The average molecular weight is 2010 g/mol. The molecule has 7 aliphatic rings. The number of hydrogen-bond donors (Lipinski definition) is 9. The second-order valence-corrected chi connectivity index (χ2v) is 36.4. The highest BCUT2D eigenvalue weighted by Gasteiger charge is 2.36. The third-order valence-electron chi connectivity index (χ3n) is 26.3. The van der Waals surface area contributed by atoms with Crippen molar-refractivity contribution in [2.24, 2.45) is 0 Å². The minimum Gasteiger partial charge on any atom is -0.496 e. The number of aromatic nitrogens is 22. The zero-order valence-corrected chi connectivity index (χ0v) is 84.3. The molecule has 18 heterocycles. The van der Waals surface area contributed by atoms with Crippen LogP contribution in [0, 0.1) is 55.4 Å². The highest BCUT2D eigenvalue weighted by Crippen LogP contribution is 2.43. The maximum absolute atomic E-state index is 10.1. The van der Waals surface area contributed by atoms with Gasteiger partial charge in [-0.15, -0.1) is 12.4 Å². The number of fused-ring (bicyclic) bond motifs is 4. The number of nitrogens with one attached hydrogen (secondary N) is 4. The minimum absolute atomic E-state index is 0. The van der Waals surface area contributed by atoms with E-state index >= 15 is 0 Å². The number of imidazole rings is 3. The third-order valence-corrected chi connectivity index (χ3v) is 26.9. The molecule has 0 amide bonds. The van der Waals surface area contributed by atoms with Crippen LogP contribution in [0.15, 0.2) is 74.0 Å². The maximum Gasteiger partial charge on any atom is 0.232 e. The van der Waals surface area contributed by atoms with Gasteiger partial charge in [0.15, 0.2) is 64.4 Å². The summed E-state index contributed by atoms with van der Waals surface area (Å²) in [6.45, 7) is 22.4. The van der Waals surface area contributed by atoms with E-state index < -0.39 is 0 Å². The smallest absolute Gasteiger partial charge is 0.232 e. The Balaban J connectivity index is 0.000000133. The molecule has 3 aromatic carbocycles. The normalized spacial score (nSPS) is 19.0. The van der Waals surface area contributed by atoms with Crippen LogP contribution >= 0.6 is 47.2 Å². The molecule has 21 rings (SSSR count). The van der Waals surface area contributed by atoms with E-state index in [9.17, 15) is 15.3 Å². The van der Waals surface area contributed by atoms with Gasteiger partial charge in [0, 0.05) is 75.5 Å². The van der Waals surface area contributed by atoms with Crippen molar-refractivity contribution in [2.45, 2.75) is 207 Å². The Morgan fingerprint density at radius 3 is 1.26 bits per heavy atom. The van der Waals surface area contributed by atoms with E-state index in [4.69, 9.17) is 104 Å². The third kappa shape index (κ3) is 22.7. The molecule has 14 aromatic rings. The van der Waals surface area contributed by atoms with E-state index in [1.54, 1.807) is 70.0 Å². The summed E-state index contributed by atoms with van der Waals surface area (Å²) in [6.07, 6.45) is 27.9. The number of ether oxygens (including phenoxy) is 8. The first-order valence-electron chi connectivity index (χ1n) is 47.3. The molecule has 10 N–H and O–H groups in total. The van der Waals surface area contributed by atoms with E-state index in [-0.39, 0.29) is 79.6 Å². The summed E-state index contributed by atoms with van der Waals surface area (Å²) in [4.78, 5) is 55.9. The van der Waals surface area contributed by atoms with Crippen LogP contribution in [-0.2, 0) is 14.2 Å².